The van der Waals surface area contributed by atoms with Gasteiger partial charge in [0.1, 0.15) is 12.1 Å². The smallest absolute Gasteiger partial charge is 0.407 e. The highest BCUT2D eigenvalue weighted by atomic mass is 16.6. The summed E-state index contributed by atoms with van der Waals surface area (Å²) in [6.45, 7) is 8.18. The molecule has 0 bridgehead atoms. The minimum atomic E-state index is -0.498. The summed E-state index contributed by atoms with van der Waals surface area (Å²) >= 11 is 0. The maximum atomic E-state index is 11.6. The van der Waals surface area contributed by atoms with Crippen LogP contribution in [0.1, 0.15) is 38.2 Å². The van der Waals surface area contributed by atoms with E-state index in [0.717, 1.165) is 5.69 Å². The van der Waals surface area contributed by atoms with Gasteiger partial charge in [0.25, 0.3) is 0 Å². The molecular formula is C14H21N5O3. The summed E-state index contributed by atoms with van der Waals surface area (Å²) in [5.41, 5.74) is 0.466. The zero-order valence-electron chi connectivity index (χ0n) is 13.3. The SMILES string of the molecule is Cc1noc(Cn2cncc2CCNC(=O)OC(C)(C)C)n1. The van der Waals surface area contributed by atoms with Crippen LogP contribution < -0.4 is 5.32 Å². The summed E-state index contributed by atoms with van der Waals surface area (Å²) in [5, 5.41) is 6.47. The number of carbonyl (C=O) groups is 1. The van der Waals surface area contributed by atoms with Gasteiger partial charge in [0.05, 0.1) is 6.33 Å². The van der Waals surface area contributed by atoms with Gasteiger partial charge in [-0.05, 0) is 27.7 Å². The second-order valence-corrected chi connectivity index (χ2v) is 5.93. The molecule has 120 valence electrons. The highest BCUT2D eigenvalue weighted by Crippen LogP contribution is 2.07. The first-order valence-electron chi connectivity index (χ1n) is 7.08. The zero-order chi connectivity index (χ0) is 16.2. The van der Waals surface area contributed by atoms with E-state index in [1.165, 1.54) is 0 Å². The lowest BCUT2D eigenvalue weighted by Gasteiger charge is -2.19. The van der Waals surface area contributed by atoms with E-state index in [1.54, 1.807) is 19.4 Å². The molecule has 0 unspecified atom stereocenters. The minimum Gasteiger partial charge on any atom is -0.444 e. The van der Waals surface area contributed by atoms with Crippen molar-refractivity contribution in [2.45, 2.75) is 46.3 Å². The summed E-state index contributed by atoms with van der Waals surface area (Å²) in [6.07, 6.45) is 3.65. The Labute approximate surface area is 128 Å². The first-order chi connectivity index (χ1) is 10.3. The van der Waals surface area contributed by atoms with Gasteiger partial charge in [0.15, 0.2) is 5.82 Å². The van der Waals surface area contributed by atoms with Crippen molar-refractivity contribution in [3.8, 4) is 0 Å². The van der Waals surface area contributed by atoms with Gasteiger partial charge < -0.3 is 19.1 Å². The maximum Gasteiger partial charge on any atom is 0.407 e. The van der Waals surface area contributed by atoms with Crippen LogP contribution in [0.25, 0.3) is 0 Å². The van der Waals surface area contributed by atoms with Crippen molar-refractivity contribution in [1.82, 2.24) is 25.0 Å². The van der Waals surface area contributed by atoms with Crippen molar-refractivity contribution in [3.63, 3.8) is 0 Å². The van der Waals surface area contributed by atoms with Crippen LogP contribution in [0, 0.1) is 6.92 Å². The molecule has 0 saturated heterocycles. The van der Waals surface area contributed by atoms with Gasteiger partial charge in [0, 0.05) is 24.9 Å². The monoisotopic (exact) mass is 307 g/mol. The fraction of sp³-hybridized carbons (Fsp3) is 0.571. The normalized spacial score (nSPS) is 11.5. The lowest BCUT2D eigenvalue weighted by molar-refractivity contribution is 0.0528. The third-order valence-corrected chi connectivity index (χ3v) is 2.72. The Morgan fingerprint density at radius 1 is 1.45 bits per heavy atom. The molecule has 0 radical (unpaired) electrons. The van der Waals surface area contributed by atoms with Gasteiger partial charge >= 0.3 is 6.09 Å². The Kier molecular flexibility index (Phi) is 4.79. The van der Waals surface area contributed by atoms with Crippen LogP contribution in [0.2, 0.25) is 0 Å². The third kappa shape index (κ3) is 4.87. The number of amides is 1. The Morgan fingerprint density at radius 3 is 2.86 bits per heavy atom. The molecule has 2 aromatic rings. The fourth-order valence-corrected chi connectivity index (χ4v) is 1.86. The number of nitrogens with one attached hydrogen (secondary N) is 1. The maximum absolute atomic E-state index is 11.6. The molecule has 1 amide bonds. The van der Waals surface area contributed by atoms with Crippen LogP contribution in [0.3, 0.4) is 0 Å². The van der Waals surface area contributed by atoms with Gasteiger partial charge in [-0.25, -0.2) is 9.78 Å². The molecule has 2 heterocycles. The number of aryl methyl sites for hydroxylation is 1. The Balaban J connectivity index is 1.84. The molecule has 0 saturated carbocycles. The molecule has 22 heavy (non-hydrogen) atoms. The predicted octanol–water partition coefficient (Wildman–Crippen LogP) is 1.69. The van der Waals surface area contributed by atoms with E-state index in [4.69, 9.17) is 9.26 Å². The predicted molar refractivity (Wildman–Crippen MR) is 78.3 cm³/mol. The Bertz CT molecular complexity index is 626. The number of carbonyl (C=O) groups excluding carboxylic acids is 1. The fourth-order valence-electron chi connectivity index (χ4n) is 1.86. The van der Waals surface area contributed by atoms with Crippen molar-refractivity contribution in [2.75, 3.05) is 6.54 Å². The molecule has 2 rings (SSSR count). The van der Waals surface area contributed by atoms with Crippen LogP contribution in [0.5, 0.6) is 0 Å². The first kappa shape index (κ1) is 16.0. The Hall–Kier alpha value is -2.38. The molecule has 1 N–H and O–H groups in total. The van der Waals surface area contributed by atoms with E-state index in [-0.39, 0.29) is 0 Å². The number of alkyl carbamates (subject to hydrolysis) is 1. The van der Waals surface area contributed by atoms with Crippen molar-refractivity contribution in [1.29, 1.82) is 0 Å². The van der Waals surface area contributed by atoms with Crippen molar-refractivity contribution in [3.05, 3.63) is 29.9 Å². The summed E-state index contributed by atoms with van der Waals surface area (Å²) in [4.78, 5) is 19.8. The molecular weight excluding hydrogens is 286 g/mol. The number of nitrogens with zero attached hydrogens (tertiary/aromatic N) is 4. The van der Waals surface area contributed by atoms with E-state index in [2.05, 4.69) is 20.4 Å². The average molecular weight is 307 g/mol. The lowest BCUT2D eigenvalue weighted by Crippen LogP contribution is -2.33. The first-order valence-corrected chi connectivity index (χ1v) is 7.08. The van der Waals surface area contributed by atoms with E-state index < -0.39 is 11.7 Å². The number of rotatable bonds is 5. The summed E-state index contributed by atoms with van der Waals surface area (Å²) in [7, 11) is 0. The van der Waals surface area contributed by atoms with Gasteiger partial charge in [-0.3, -0.25) is 0 Å². The molecule has 0 aromatic carbocycles. The molecule has 0 spiro atoms. The molecule has 8 heteroatoms. The second-order valence-electron chi connectivity index (χ2n) is 5.93. The van der Waals surface area contributed by atoms with E-state index in [9.17, 15) is 4.79 Å². The van der Waals surface area contributed by atoms with E-state index in [0.29, 0.717) is 31.2 Å². The molecule has 0 fully saturated rings. The standard InChI is InChI=1S/C14H21N5O3/c1-10-17-12(22-18-10)8-19-9-15-7-11(19)5-6-16-13(20)21-14(2,3)4/h7,9H,5-6,8H2,1-4H3,(H,16,20). The largest absolute Gasteiger partial charge is 0.444 e. The zero-order valence-corrected chi connectivity index (χ0v) is 13.3. The number of aromatic nitrogens is 4. The van der Waals surface area contributed by atoms with Gasteiger partial charge in [-0.1, -0.05) is 5.16 Å². The summed E-state index contributed by atoms with van der Waals surface area (Å²) < 4.78 is 12.2. The number of imidazole rings is 1. The number of ether oxygens (including phenoxy) is 1. The number of hydrogen-bond acceptors (Lipinski definition) is 6. The van der Waals surface area contributed by atoms with Gasteiger partial charge in [-0.15, -0.1) is 0 Å². The quantitative estimate of drug-likeness (QED) is 0.903. The van der Waals surface area contributed by atoms with Crippen LogP contribution in [-0.4, -0.2) is 37.9 Å². The minimum absolute atomic E-state index is 0.425. The molecule has 0 atom stereocenters. The van der Waals surface area contributed by atoms with Crippen LogP contribution in [0.4, 0.5) is 4.79 Å². The molecule has 0 aliphatic rings. The van der Waals surface area contributed by atoms with Gasteiger partial charge in [-0.2, -0.15) is 4.98 Å². The molecule has 0 aliphatic heterocycles. The third-order valence-electron chi connectivity index (χ3n) is 2.72. The van der Waals surface area contributed by atoms with Gasteiger partial charge in [0.2, 0.25) is 5.89 Å². The van der Waals surface area contributed by atoms with Crippen LogP contribution in [-0.2, 0) is 17.7 Å². The molecule has 2 aromatic heterocycles. The Morgan fingerprint density at radius 2 is 2.23 bits per heavy atom. The van der Waals surface area contributed by atoms with E-state index >= 15 is 0 Å². The van der Waals surface area contributed by atoms with Crippen molar-refractivity contribution < 1.29 is 14.1 Å². The average Bonchev–Trinajstić information content (AvgIpc) is 2.98. The van der Waals surface area contributed by atoms with Crippen molar-refractivity contribution in [2.24, 2.45) is 0 Å². The highest BCUT2D eigenvalue weighted by molar-refractivity contribution is 5.67. The van der Waals surface area contributed by atoms with Crippen LogP contribution in [0.15, 0.2) is 17.0 Å². The summed E-state index contributed by atoms with van der Waals surface area (Å²) in [5.74, 6) is 1.13. The highest BCUT2D eigenvalue weighted by Gasteiger charge is 2.15. The van der Waals surface area contributed by atoms with Crippen LogP contribution >= 0.6 is 0 Å². The second kappa shape index (κ2) is 6.59. The molecule has 0 aliphatic carbocycles. The summed E-state index contributed by atoms with van der Waals surface area (Å²) in [6, 6.07) is 0. The van der Waals surface area contributed by atoms with Crippen molar-refractivity contribution >= 4 is 6.09 Å². The number of hydrogen-bond donors (Lipinski definition) is 1. The molecule has 8 nitrogen and oxygen atoms in total. The lowest BCUT2D eigenvalue weighted by atomic mass is 10.2. The topological polar surface area (TPSA) is 95.1 Å². The van der Waals surface area contributed by atoms with E-state index in [1.807, 2.05) is 25.3 Å².